The zero-order valence-corrected chi connectivity index (χ0v) is 20.7. The Kier molecular flexibility index (Phi) is 7.06. The van der Waals surface area contributed by atoms with Gasteiger partial charge in [-0.3, -0.25) is 9.78 Å². The van der Waals surface area contributed by atoms with Crippen molar-refractivity contribution in [2.45, 2.75) is 58.3 Å². The number of fused-ring (bicyclic) bond motifs is 1. The van der Waals surface area contributed by atoms with Crippen molar-refractivity contribution < 1.29 is 18.8 Å². The van der Waals surface area contributed by atoms with Gasteiger partial charge < -0.3 is 19.9 Å². The van der Waals surface area contributed by atoms with E-state index in [1.165, 1.54) is 6.20 Å². The number of carbonyl (C=O) groups is 2. The highest BCUT2D eigenvalue weighted by atomic mass is 16.5. The maximum absolute atomic E-state index is 12.9. The summed E-state index contributed by atoms with van der Waals surface area (Å²) in [5, 5.41) is 14.2. The Labute approximate surface area is 212 Å². The Hall–Kier alpha value is -4.35. The first-order valence-electron chi connectivity index (χ1n) is 12.4. The van der Waals surface area contributed by atoms with Crippen molar-refractivity contribution in [1.29, 1.82) is 0 Å². The van der Waals surface area contributed by atoms with Crippen molar-refractivity contribution in [3.8, 4) is 11.5 Å². The highest BCUT2D eigenvalue weighted by molar-refractivity contribution is 6.00. The fraction of sp³-hybridized carbons (Fsp3) is 0.400. The molecule has 0 aromatic carbocycles. The summed E-state index contributed by atoms with van der Waals surface area (Å²) < 4.78 is 12.0. The minimum atomic E-state index is -0.401. The van der Waals surface area contributed by atoms with Crippen LogP contribution in [0.4, 0.5) is 16.2 Å². The first-order valence-corrected chi connectivity index (χ1v) is 12.4. The molecule has 0 bridgehead atoms. The Morgan fingerprint density at radius 3 is 2.81 bits per heavy atom. The summed E-state index contributed by atoms with van der Waals surface area (Å²) in [6, 6.07) is 3.23. The number of aryl methyl sites for hydroxylation is 2. The lowest BCUT2D eigenvalue weighted by Crippen LogP contribution is -2.22. The van der Waals surface area contributed by atoms with Crippen LogP contribution in [-0.2, 0) is 16.0 Å². The standard InChI is InChI=1S/C25H28N8O4/c1-3-36-21(34)9-8-20-31-24(32-37-20)22-15(2)12-17(13-27-22)29-25(35)30-18-14-26-19-10-11-28-33(19)23(18)16-6-4-5-7-16/h10-14,16H,3-9H2,1-2H3,(H2,29,30,35). The van der Waals surface area contributed by atoms with E-state index in [0.717, 1.165) is 42.6 Å². The Balaban J connectivity index is 1.27. The predicted octanol–water partition coefficient (Wildman–Crippen LogP) is 4.28. The second-order valence-electron chi connectivity index (χ2n) is 8.93. The van der Waals surface area contributed by atoms with Gasteiger partial charge >= 0.3 is 12.0 Å². The number of aromatic nitrogens is 6. The van der Waals surface area contributed by atoms with Crippen LogP contribution in [0.3, 0.4) is 0 Å². The van der Waals surface area contributed by atoms with Gasteiger partial charge in [-0.05, 0) is 38.3 Å². The normalized spacial score (nSPS) is 13.7. The number of ether oxygens (including phenoxy) is 1. The quantitative estimate of drug-likeness (QED) is 0.335. The molecular formula is C25H28N8O4. The molecule has 4 aromatic rings. The topological polar surface area (TPSA) is 149 Å². The van der Waals surface area contributed by atoms with E-state index < -0.39 is 6.03 Å². The zero-order valence-electron chi connectivity index (χ0n) is 20.7. The summed E-state index contributed by atoms with van der Waals surface area (Å²) in [7, 11) is 0. The lowest BCUT2D eigenvalue weighted by Gasteiger charge is -2.17. The monoisotopic (exact) mass is 504 g/mol. The third kappa shape index (κ3) is 5.42. The molecule has 0 atom stereocenters. The van der Waals surface area contributed by atoms with E-state index in [-0.39, 0.29) is 18.8 Å². The van der Waals surface area contributed by atoms with Gasteiger partial charge in [0.25, 0.3) is 0 Å². The number of nitrogens with zero attached hydrogens (tertiary/aromatic N) is 6. The third-order valence-electron chi connectivity index (χ3n) is 6.31. The molecule has 12 nitrogen and oxygen atoms in total. The Morgan fingerprint density at radius 2 is 2.03 bits per heavy atom. The fourth-order valence-electron chi connectivity index (χ4n) is 4.64. The van der Waals surface area contributed by atoms with Crippen molar-refractivity contribution in [1.82, 2.24) is 29.7 Å². The lowest BCUT2D eigenvalue weighted by atomic mass is 10.0. The zero-order chi connectivity index (χ0) is 25.8. The van der Waals surface area contributed by atoms with Crippen molar-refractivity contribution in [2.75, 3.05) is 17.2 Å². The van der Waals surface area contributed by atoms with Crippen LogP contribution in [0.15, 0.2) is 35.2 Å². The van der Waals surface area contributed by atoms with Crippen LogP contribution in [0.25, 0.3) is 17.2 Å². The number of nitrogens with one attached hydrogen (secondary N) is 2. The Morgan fingerprint density at radius 1 is 1.19 bits per heavy atom. The largest absolute Gasteiger partial charge is 0.466 e. The SMILES string of the molecule is CCOC(=O)CCc1nc(-c2ncc(NC(=O)Nc3cnc4ccnn4c3C3CCCC3)cc2C)no1. The van der Waals surface area contributed by atoms with Crippen LogP contribution >= 0.6 is 0 Å². The third-order valence-corrected chi connectivity index (χ3v) is 6.31. The van der Waals surface area contributed by atoms with Crippen molar-refractivity contribution in [3.05, 3.63) is 47.9 Å². The molecule has 0 radical (unpaired) electrons. The smallest absolute Gasteiger partial charge is 0.323 e. The van der Waals surface area contributed by atoms with Gasteiger partial charge in [-0.15, -0.1) is 0 Å². The molecule has 5 rings (SSSR count). The molecule has 37 heavy (non-hydrogen) atoms. The molecule has 4 heterocycles. The van der Waals surface area contributed by atoms with Gasteiger partial charge in [0.2, 0.25) is 11.7 Å². The van der Waals surface area contributed by atoms with Gasteiger partial charge in [-0.1, -0.05) is 18.0 Å². The number of rotatable bonds is 8. The summed E-state index contributed by atoms with van der Waals surface area (Å²) in [6.45, 7) is 3.92. The first-order chi connectivity index (χ1) is 18.0. The second-order valence-corrected chi connectivity index (χ2v) is 8.93. The van der Waals surface area contributed by atoms with E-state index in [4.69, 9.17) is 9.26 Å². The summed E-state index contributed by atoms with van der Waals surface area (Å²) >= 11 is 0. The van der Waals surface area contributed by atoms with Gasteiger partial charge in [-0.2, -0.15) is 10.1 Å². The van der Waals surface area contributed by atoms with Gasteiger partial charge in [0.05, 0.1) is 48.7 Å². The number of esters is 1. The van der Waals surface area contributed by atoms with Crippen molar-refractivity contribution in [3.63, 3.8) is 0 Å². The van der Waals surface area contributed by atoms with Gasteiger partial charge in [0, 0.05) is 18.4 Å². The van der Waals surface area contributed by atoms with Crippen LogP contribution in [0.1, 0.15) is 62.1 Å². The molecule has 0 aliphatic heterocycles. The number of urea groups is 1. The minimum Gasteiger partial charge on any atom is -0.466 e. The van der Waals surface area contributed by atoms with Crippen LogP contribution in [0.5, 0.6) is 0 Å². The Bertz CT molecular complexity index is 1420. The lowest BCUT2D eigenvalue weighted by molar-refractivity contribution is -0.143. The number of amides is 2. The number of anilines is 2. The molecule has 0 saturated heterocycles. The van der Waals surface area contributed by atoms with E-state index in [0.29, 0.717) is 41.3 Å². The van der Waals surface area contributed by atoms with Gasteiger partial charge in [0.1, 0.15) is 5.69 Å². The second kappa shape index (κ2) is 10.7. The van der Waals surface area contributed by atoms with E-state index in [1.54, 1.807) is 25.4 Å². The van der Waals surface area contributed by atoms with E-state index in [9.17, 15) is 9.59 Å². The minimum absolute atomic E-state index is 0.158. The van der Waals surface area contributed by atoms with Crippen molar-refractivity contribution in [2.24, 2.45) is 0 Å². The molecule has 192 valence electrons. The molecule has 2 N–H and O–H groups in total. The van der Waals surface area contributed by atoms with Gasteiger partial charge in [-0.25, -0.2) is 14.3 Å². The number of hydrogen-bond donors (Lipinski definition) is 2. The predicted molar refractivity (Wildman–Crippen MR) is 134 cm³/mol. The first kappa shape index (κ1) is 24.3. The molecule has 2 amide bonds. The van der Waals surface area contributed by atoms with E-state index in [2.05, 4.69) is 35.8 Å². The molecule has 4 aromatic heterocycles. The highest BCUT2D eigenvalue weighted by Crippen LogP contribution is 2.37. The number of pyridine rings is 1. The highest BCUT2D eigenvalue weighted by Gasteiger charge is 2.25. The van der Waals surface area contributed by atoms with Crippen LogP contribution < -0.4 is 10.6 Å². The summed E-state index contributed by atoms with van der Waals surface area (Å²) in [5.41, 5.74) is 4.16. The van der Waals surface area contributed by atoms with Crippen molar-refractivity contribution >= 4 is 29.0 Å². The average Bonchev–Trinajstić information content (AvgIpc) is 3.65. The van der Waals surface area contributed by atoms with Crippen LogP contribution in [0, 0.1) is 6.92 Å². The molecule has 12 heteroatoms. The van der Waals surface area contributed by atoms with E-state index >= 15 is 0 Å². The molecule has 0 spiro atoms. The maximum Gasteiger partial charge on any atom is 0.323 e. The van der Waals surface area contributed by atoms with Gasteiger partial charge in [0.15, 0.2) is 5.65 Å². The maximum atomic E-state index is 12.9. The fourth-order valence-corrected chi connectivity index (χ4v) is 4.64. The molecule has 1 aliphatic rings. The number of carbonyl (C=O) groups excluding carboxylic acids is 2. The molecule has 0 unspecified atom stereocenters. The molecule has 1 fully saturated rings. The molecular weight excluding hydrogens is 476 g/mol. The summed E-state index contributed by atoms with van der Waals surface area (Å²) in [6.07, 6.45) is 9.81. The molecule has 1 aliphatic carbocycles. The van der Waals surface area contributed by atoms with Crippen LogP contribution in [0.2, 0.25) is 0 Å². The van der Waals surface area contributed by atoms with E-state index in [1.807, 2.05) is 17.5 Å². The number of hydrogen-bond acceptors (Lipinski definition) is 9. The molecule has 1 saturated carbocycles. The van der Waals surface area contributed by atoms with Crippen LogP contribution in [-0.4, -0.2) is 48.3 Å². The summed E-state index contributed by atoms with van der Waals surface area (Å²) in [5.74, 6) is 0.640. The summed E-state index contributed by atoms with van der Waals surface area (Å²) in [4.78, 5) is 37.6. The average molecular weight is 505 g/mol.